The maximum atomic E-state index is 12.1. The predicted octanol–water partition coefficient (Wildman–Crippen LogP) is 1.16. The molecule has 2 aliphatic rings. The van der Waals surface area contributed by atoms with Gasteiger partial charge in [-0.1, -0.05) is 0 Å². The summed E-state index contributed by atoms with van der Waals surface area (Å²) in [5.41, 5.74) is 1.64. The third-order valence-electron chi connectivity index (χ3n) is 3.81. The van der Waals surface area contributed by atoms with Gasteiger partial charge in [-0.15, -0.1) is 0 Å². The molecule has 0 spiro atoms. The van der Waals surface area contributed by atoms with Crippen molar-refractivity contribution in [3.63, 3.8) is 0 Å². The molecule has 2 atom stereocenters. The van der Waals surface area contributed by atoms with Crippen LogP contribution in [0.3, 0.4) is 0 Å². The van der Waals surface area contributed by atoms with E-state index in [1.165, 1.54) is 12.8 Å². The molecule has 18 heavy (non-hydrogen) atoms. The number of piperidine rings is 1. The average Bonchev–Trinajstić information content (AvgIpc) is 3.07. The maximum Gasteiger partial charge on any atom is 0.271 e. The normalized spacial score (nSPS) is 28.1. The SMILES string of the molecule is CC1CC(NC(=O)c2cc(C3CC3)[nH]n2)CCN1. The summed E-state index contributed by atoms with van der Waals surface area (Å²) in [5.74, 6) is 0.565. The molecule has 2 heterocycles. The molecule has 0 bridgehead atoms. The number of nitrogens with zero attached hydrogens (tertiary/aromatic N) is 1. The first-order valence-electron chi connectivity index (χ1n) is 6.82. The van der Waals surface area contributed by atoms with Crippen LogP contribution in [0.4, 0.5) is 0 Å². The van der Waals surface area contributed by atoms with Crippen LogP contribution in [0.25, 0.3) is 0 Å². The van der Waals surface area contributed by atoms with Crippen LogP contribution in [0, 0.1) is 0 Å². The van der Waals surface area contributed by atoms with E-state index in [0.717, 1.165) is 25.1 Å². The molecule has 1 aromatic heterocycles. The summed E-state index contributed by atoms with van der Waals surface area (Å²) in [5, 5.41) is 13.5. The first-order valence-corrected chi connectivity index (χ1v) is 6.82. The fourth-order valence-corrected chi connectivity index (χ4v) is 2.58. The minimum absolute atomic E-state index is 0.0442. The van der Waals surface area contributed by atoms with E-state index in [9.17, 15) is 4.79 Å². The molecule has 1 aliphatic heterocycles. The molecule has 5 nitrogen and oxygen atoms in total. The van der Waals surface area contributed by atoms with Crippen molar-refractivity contribution in [3.05, 3.63) is 17.5 Å². The molecule has 1 amide bonds. The molecule has 1 aromatic rings. The zero-order chi connectivity index (χ0) is 12.5. The van der Waals surface area contributed by atoms with Gasteiger partial charge in [-0.3, -0.25) is 9.89 Å². The Bertz CT molecular complexity index is 438. The fourth-order valence-electron chi connectivity index (χ4n) is 2.58. The van der Waals surface area contributed by atoms with Crippen LogP contribution in [0.1, 0.15) is 54.7 Å². The Balaban J connectivity index is 1.59. The highest BCUT2D eigenvalue weighted by Crippen LogP contribution is 2.38. The lowest BCUT2D eigenvalue weighted by Gasteiger charge is -2.28. The van der Waals surface area contributed by atoms with Gasteiger partial charge in [0.05, 0.1) is 0 Å². The van der Waals surface area contributed by atoms with E-state index in [2.05, 4.69) is 27.8 Å². The molecular formula is C13H20N4O. The van der Waals surface area contributed by atoms with Gasteiger partial charge in [0.15, 0.2) is 0 Å². The van der Waals surface area contributed by atoms with E-state index in [1.807, 2.05) is 6.07 Å². The predicted molar refractivity (Wildman–Crippen MR) is 68.5 cm³/mol. The smallest absolute Gasteiger partial charge is 0.271 e. The van der Waals surface area contributed by atoms with Gasteiger partial charge in [0.25, 0.3) is 5.91 Å². The maximum absolute atomic E-state index is 12.1. The number of aromatic nitrogens is 2. The fraction of sp³-hybridized carbons (Fsp3) is 0.692. The van der Waals surface area contributed by atoms with Crippen molar-refractivity contribution in [2.24, 2.45) is 0 Å². The van der Waals surface area contributed by atoms with Crippen molar-refractivity contribution >= 4 is 5.91 Å². The zero-order valence-corrected chi connectivity index (χ0v) is 10.7. The van der Waals surface area contributed by atoms with Gasteiger partial charge >= 0.3 is 0 Å². The molecular weight excluding hydrogens is 228 g/mol. The Morgan fingerprint density at radius 2 is 2.28 bits per heavy atom. The first-order chi connectivity index (χ1) is 8.72. The van der Waals surface area contributed by atoms with Crippen molar-refractivity contribution in [2.75, 3.05) is 6.54 Å². The minimum Gasteiger partial charge on any atom is -0.348 e. The second-order valence-electron chi connectivity index (χ2n) is 5.53. The van der Waals surface area contributed by atoms with Gasteiger partial charge in [-0.05, 0) is 45.2 Å². The second-order valence-corrected chi connectivity index (χ2v) is 5.53. The van der Waals surface area contributed by atoms with Crippen LogP contribution < -0.4 is 10.6 Å². The number of hydrogen-bond acceptors (Lipinski definition) is 3. The van der Waals surface area contributed by atoms with Crippen LogP contribution in [-0.4, -0.2) is 34.7 Å². The molecule has 1 saturated heterocycles. The van der Waals surface area contributed by atoms with Gasteiger partial charge in [0.1, 0.15) is 5.69 Å². The standard InChI is InChI=1S/C13H20N4O/c1-8-6-10(4-5-14-8)15-13(18)12-7-11(16-17-12)9-2-3-9/h7-10,14H,2-6H2,1H3,(H,15,18)(H,16,17). The van der Waals surface area contributed by atoms with Crippen molar-refractivity contribution in [2.45, 2.75) is 50.6 Å². The topological polar surface area (TPSA) is 69.8 Å². The van der Waals surface area contributed by atoms with Crippen LogP contribution in [0.5, 0.6) is 0 Å². The lowest BCUT2D eigenvalue weighted by atomic mass is 10.0. The van der Waals surface area contributed by atoms with Gasteiger partial charge in [0.2, 0.25) is 0 Å². The number of aromatic amines is 1. The van der Waals surface area contributed by atoms with Gasteiger partial charge < -0.3 is 10.6 Å². The Kier molecular flexibility index (Phi) is 3.07. The van der Waals surface area contributed by atoms with Crippen LogP contribution in [0.2, 0.25) is 0 Å². The van der Waals surface area contributed by atoms with Crippen molar-refractivity contribution < 1.29 is 4.79 Å². The summed E-state index contributed by atoms with van der Waals surface area (Å²) in [7, 11) is 0. The highest BCUT2D eigenvalue weighted by molar-refractivity contribution is 5.92. The zero-order valence-electron chi connectivity index (χ0n) is 10.7. The van der Waals surface area contributed by atoms with Crippen LogP contribution in [-0.2, 0) is 0 Å². The largest absolute Gasteiger partial charge is 0.348 e. The van der Waals surface area contributed by atoms with Gasteiger partial charge in [-0.25, -0.2) is 0 Å². The lowest BCUT2D eigenvalue weighted by Crippen LogP contribution is -2.46. The summed E-state index contributed by atoms with van der Waals surface area (Å²) in [6, 6.07) is 2.65. The molecule has 2 fully saturated rings. The lowest BCUT2D eigenvalue weighted by molar-refractivity contribution is 0.0920. The average molecular weight is 248 g/mol. The van der Waals surface area contributed by atoms with E-state index in [0.29, 0.717) is 17.7 Å². The summed E-state index contributed by atoms with van der Waals surface area (Å²) in [4.78, 5) is 12.1. The Hall–Kier alpha value is -1.36. The van der Waals surface area contributed by atoms with Gasteiger partial charge in [0, 0.05) is 23.7 Å². The van der Waals surface area contributed by atoms with Gasteiger partial charge in [-0.2, -0.15) is 5.10 Å². The highest BCUT2D eigenvalue weighted by Gasteiger charge is 2.27. The molecule has 98 valence electrons. The number of carbonyl (C=O) groups excluding carboxylic acids is 1. The van der Waals surface area contributed by atoms with Crippen LogP contribution in [0.15, 0.2) is 6.07 Å². The molecule has 5 heteroatoms. The quantitative estimate of drug-likeness (QED) is 0.751. The summed E-state index contributed by atoms with van der Waals surface area (Å²) >= 11 is 0. The first kappa shape index (κ1) is 11.7. The number of rotatable bonds is 3. The van der Waals surface area contributed by atoms with Crippen molar-refractivity contribution in [1.29, 1.82) is 0 Å². The summed E-state index contributed by atoms with van der Waals surface area (Å²) in [6.07, 6.45) is 4.42. The monoisotopic (exact) mass is 248 g/mol. The molecule has 0 aromatic carbocycles. The van der Waals surface area contributed by atoms with E-state index < -0.39 is 0 Å². The highest BCUT2D eigenvalue weighted by atomic mass is 16.2. The summed E-state index contributed by atoms with van der Waals surface area (Å²) in [6.45, 7) is 3.12. The van der Waals surface area contributed by atoms with E-state index in [1.54, 1.807) is 0 Å². The Labute approximate surface area is 107 Å². The van der Waals surface area contributed by atoms with Crippen LogP contribution >= 0.6 is 0 Å². The Morgan fingerprint density at radius 1 is 1.44 bits per heavy atom. The number of nitrogens with one attached hydrogen (secondary N) is 3. The van der Waals surface area contributed by atoms with E-state index in [-0.39, 0.29) is 11.9 Å². The molecule has 3 rings (SSSR count). The van der Waals surface area contributed by atoms with Crippen molar-refractivity contribution in [3.8, 4) is 0 Å². The summed E-state index contributed by atoms with van der Waals surface area (Å²) < 4.78 is 0. The Morgan fingerprint density at radius 3 is 3.00 bits per heavy atom. The molecule has 1 aliphatic carbocycles. The molecule has 0 radical (unpaired) electrons. The van der Waals surface area contributed by atoms with E-state index >= 15 is 0 Å². The molecule has 1 saturated carbocycles. The van der Waals surface area contributed by atoms with E-state index in [4.69, 9.17) is 0 Å². The second kappa shape index (κ2) is 4.72. The molecule has 3 N–H and O–H groups in total. The number of amides is 1. The third-order valence-corrected chi connectivity index (χ3v) is 3.81. The third kappa shape index (κ3) is 2.56. The number of hydrogen-bond donors (Lipinski definition) is 3. The number of H-pyrrole nitrogens is 1. The minimum atomic E-state index is -0.0442. The molecule has 2 unspecified atom stereocenters. The number of carbonyl (C=O) groups is 1. The van der Waals surface area contributed by atoms with Crippen molar-refractivity contribution in [1.82, 2.24) is 20.8 Å².